The number of fused-ring (bicyclic) bond motifs is 1. The molecule has 0 unspecified atom stereocenters. The van der Waals surface area contributed by atoms with Crippen LogP contribution < -0.4 is 4.74 Å². The molecular weight excluding hydrogens is 284 g/mol. The van der Waals surface area contributed by atoms with Crippen molar-refractivity contribution in [2.24, 2.45) is 0 Å². The van der Waals surface area contributed by atoms with Gasteiger partial charge in [0.15, 0.2) is 16.3 Å². The number of halogens is 4. The second-order valence-corrected chi connectivity index (χ2v) is 4.34. The molecule has 0 radical (unpaired) electrons. The van der Waals surface area contributed by atoms with Gasteiger partial charge in [0.25, 0.3) is 0 Å². The number of rotatable bonds is 3. The van der Waals surface area contributed by atoms with Crippen molar-refractivity contribution in [3.8, 4) is 5.75 Å². The molecule has 3 nitrogen and oxygen atoms in total. The highest BCUT2D eigenvalue weighted by Crippen LogP contribution is 2.26. The van der Waals surface area contributed by atoms with Gasteiger partial charge in [-0.25, -0.2) is 4.39 Å². The Labute approximate surface area is 110 Å². The average molecular weight is 294 g/mol. The Hall–Kier alpha value is -1.57. The summed E-state index contributed by atoms with van der Waals surface area (Å²) in [6.07, 6.45) is -5.28. The Bertz CT molecular complexity index is 659. The van der Waals surface area contributed by atoms with Gasteiger partial charge in [0.05, 0.1) is 24.6 Å². The number of hydrogen-bond donors (Lipinski definition) is 1. The van der Waals surface area contributed by atoms with E-state index in [1.807, 2.05) is 0 Å². The smallest absolute Gasteiger partial charge is 0.390 e. The predicted molar refractivity (Wildman–Crippen MR) is 64.3 cm³/mol. The summed E-state index contributed by atoms with van der Waals surface area (Å²) in [6, 6.07) is 2.47. The summed E-state index contributed by atoms with van der Waals surface area (Å²) in [5.74, 6) is -0.642. The normalized spacial score (nSPS) is 12.1. The molecule has 19 heavy (non-hydrogen) atoms. The van der Waals surface area contributed by atoms with E-state index in [9.17, 15) is 17.6 Å². The van der Waals surface area contributed by atoms with E-state index in [-0.39, 0.29) is 17.1 Å². The molecule has 0 aliphatic rings. The van der Waals surface area contributed by atoms with Gasteiger partial charge in [-0.2, -0.15) is 13.2 Å². The molecule has 8 heteroatoms. The van der Waals surface area contributed by atoms with Crippen LogP contribution >= 0.6 is 12.2 Å². The van der Waals surface area contributed by atoms with E-state index in [0.29, 0.717) is 11.0 Å². The fourth-order valence-corrected chi connectivity index (χ4v) is 2.07. The van der Waals surface area contributed by atoms with Crippen molar-refractivity contribution in [3.05, 3.63) is 22.7 Å². The van der Waals surface area contributed by atoms with Crippen molar-refractivity contribution >= 4 is 23.3 Å². The monoisotopic (exact) mass is 294 g/mol. The Morgan fingerprint density at radius 3 is 2.63 bits per heavy atom. The summed E-state index contributed by atoms with van der Waals surface area (Å²) in [7, 11) is 1.28. The molecule has 1 heterocycles. The molecule has 0 aliphatic heterocycles. The van der Waals surface area contributed by atoms with Crippen molar-refractivity contribution in [1.82, 2.24) is 9.55 Å². The second kappa shape index (κ2) is 4.84. The highest BCUT2D eigenvalue weighted by molar-refractivity contribution is 7.71. The molecule has 0 saturated carbocycles. The molecule has 1 aromatic heterocycles. The van der Waals surface area contributed by atoms with Crippen LogP contribution in [0.5, 0.6) is 5.75 Å². The molecule has 0 atom stereocenters. The molecule has 0 amide bonds. The lowest BCUT2D eigenvalue weighted by atomic mass is 10.2. The maximum atomic E-state index is 13.5. The Morgan fingerprint density at radius 2 is 2.05 bits per heavy atom. The van der Waals surface area contributed by atoms with Crippen LogP contribution in [-0.4, -0.2) is 22.8 Å². The topological polar surface area (TPSA) is 29.9 Å². The minimum absolute atomic E-state index is 0.0396. The quantitative estimate of drug-likeness (QED) is 0.689. The predicted octanol–water partition coefficient (Wildman–Crippen LogP) is 3.80. The number of H-pyrrole nitrogens is 1. The Balaban J connectivity index is 2.48. The average Bonchev–Trinajstić information content (AvgIpc) is 2.59. The largest absolute Gasteiger partial charge is 0.494 e. The summed E-state index contributed by atoms with van der Waals surface area (Å²) in [6.45, 7) is -0.322. The molecule has 104 valence electrons. The Kier molecular flexibility index (Phi) is 3.53. The van der Waals surface area contributed by atoms with Gasteiger partial charge in [-0.1, -0.05) is 0 Å². The number of aromatic amines is 1. The minimum atomic E-state index is -4.28. The van der Waals surface area contributed by atoms with Crippen LogP contribution in [0.15, 0.2) is 12.1 Å². The first-order valence-electron chi connectivity index (χ1n) is 5.34. The van der Waals surface area contributed by atoms with Crippen LogP contribution in [0.4, 0.5) is 17.6 Å². The van der Waals surface area contributed by atoms with Gasteiger partial charge in [-0.15, -0.1) is 0 Å². The standard InChI is InChI=1S/C11H10F4N2OS/c1-18-9-5-8-7(4-6(9)12)16-10(19)17(8)3-2-11(13,14)15/h4-5H,2-3H2,1H3,(H,16,19). The van der Waals surface area contributed by atoms with E-state index in [4.69, 9.17) is 17.0 Å². The van der Waals surface area contributed by atoms with Gasteiger partial charge < -0.3 is 14.3 Å². The molecular formula is C11H10F4N2OS. The van der Waals surface area contributed by atoms with Crippen molar-refractivity contribution in [3.63, 3.8) is 0 Å². The van der Waals surface area contributed by atoms with Crippen LogP contribution in [0, 0.1) is 10.6 Å². The van der Waals surface area contributed by atoms with Gasteiger partial charge in [-0.05, 0) is 12.2 Å². The fourth-order valence-electron chi connectivity index (χ4n) is 1.78. The van der Waals surface area contributed by atoms with E-state index >= 15 is 0 Å². The van der Waals surface area contributed by atoms with Crippen LogP contribution in [0.1, 0.15) is 6.42 Å². The lowest BCUT2D eigenvalue weighted by Gasteiger charge is -2.08. The van der Waals surface area contributed by atoms with E-state index in [1.165, 1.54) is 17.7 Å². The number of alkyl halides is 3. The zero-order valence-corrected chi connectivity index (χ0v) is 10.7. The molecule has 2 aromatic rings. The number of hydrogen-bond acceptors (Lipinski definition) is 2. The summed E-state index contributed by atoms with van der Waals surface area (Å²) in [5.41, 5.74) is 0.720. The summed E-state index contributed by atoms with van der Waals surface area (Å²) in [5, 5.41) is 0. The second-order valence-electron chi connectivity index (χ2n) is 3.95. The van der Waals surface area contributed by atoms with E-state index in [1.54, 1.807) is 0 Å². The van der Waals surface area contributed by atoms with Crippen LogP contribution in [0.25, 0.3) is 11.0 Å². The summed E-state index contributed by atoms with van der Waals surface area (Å²) < 4.78 is 56.4. The third-order valence-corrected chi connectivity index (χ3v) is 2.99. The van der Waals surface area contributed by atoms with Gasteiger partial charge in [0.2, 0.25) is 0 Å². The van der Waals surface area contributed by atoms with Crippen molar-refractivity contribution in [2.75, 3.05) is 7.11 Å². The number of aryl methyl sites for hydroxylation is 1. The number of nitrogens with one attached hydrogen (secondary N) is 1. The summed E-state index contributed by atoms with van der Waals surface area (Å²) in [4.78, 5) is 2.67. The summed E-state index contributed by atoms with van der Waals surface area (Å²) >= 11 is 4.94. The molecule has 0 spiro atoms. The van der Waals surface area contributed by atoms with Crippen molar-refractivity contribution in [2.45, 2.75) is 19.1 Å². The lowest BCUT2D eigenvalue weighted by Crippen LogP contribution is -2.12. The van der Waals surface area contributed by atoms with Crippen molar-refractivity contribution in [1.29, 1.82) is 0 Å². The van der Waals surface area contributed by atoms with Crippen molar-refractivity contribution < 1.29 is 22.3 Å². The van der Waals surface area contributed by atoms with E-state index in [0.717, 1.165) is 6.07 Å². The van der Waals surface area contributed by atoms with Gasteiger partial charge in [-0.3, -0.25) is 0 Å². The first-order valence-corrected chi connectivity index (χ1v) is 5.75. The SMILES string of the molecule is COc1cc2c(cc1F)[nH]c(=S)n2CCC(F)(F)F. The highest BCUT2D eigenvalue weighted by atomic mass is 32.1. The van der Waals surface area contributed by atoms with E-state index in [2.05, 4.69) is 4.98 Å². The maximum absolute atomic E-state index is 13.5. The molecule has 2 rings (SSSR count). The lowest BCUT2D eigenvalue weighted by molar-refractivity contribution is -0.136. The van der Waals surface area contributed by atoms with E-state index < -0.39 is 18.4 Å². The van der Waals surface area contributed by atoms with Gasteiger partial charge >= 0.3 is 6.18 Å². The number of imidazole rings is 1. The minimum Gasteiger partial charge on any atom is -0.494 e. The third-order valence-electron chi connectivity index (χ3n) is 2.67. The zero-order valence-electron chi connectivity index (χ0n) is 9.84. The van der Waals surface area contributed by atoms with Crippen LogP contribution in [-0.2, 0) is 6.54 Å². The zero-order chi connectivity index (χ0) is 14.2. The number of nitrogens with zero attached hydrogens (tertiary/aromatic N) is 1. The molecule has 0 fully saturated rings. The van der Waals surface area contributed by atoms with Gasteiger partial charge in [0.1, 0.15) is 0 Å². The molecule has 0 aliphatic carbocycles. The Morgan fingerprint density at radius 1 is 1.37 bits per heavy atom. The highest BCUT2D eigenvalue weighted by Gasteiger charge is 2.27. The molecule has 1 aromatic carbocycles. The first-order chi connectivity index (χ1) is 8.81. The molecule has 1 N–H and O–H groups in total. The number of methoxy groups -OCH3 is 1. The van der Waals surface area contributed by atoms with Gasteiger partial charge in [0, 0.05) is 18.7 Å². The van der Waals surface area contributed by atoms with Crippen LogP contribution in [0.3, 0.4) is 0 Å². The molecule has 0 saturated heterocycles. The number of aromatic nitrogens is 2. The first kappa shape index (κ1) is 13.9. The van der Waals surface area contributed by atoms with Crippen LogP contribution in [0.2, 0.25) is 0 Å². The maximum Gasteiger partial charge on any atom is 0.390 e. The molecule has 0 bridgehead atoms. The third kappa shape index (κ3) is 2.89. The fraction of sp³-hybridized carbons (Fsp3) is 0.364. The number of benzene rings is 1. The number of ether oxygens (including phenoxy) is 1.